The van der Waals surface area contributed by atoms with Crippen LogP contribution in [0.2, 0.25) is 0 Å². The zero-order chi connectivity index (χ0) is 11.4. The molecule has 0 saturated heterocycles. The third kappa shape index (κ3) is 2.81. The molecule has 4 heteroatoms. The summed E-state index contributed by atoms with van der Waals surface area (Å²) in [5.74, 6) is 2.30. The maximum Gasteiger partial charge on any atom is 0.149 e. The first-order valence-electron chi connectivity index (χ1n) is 5.29. The summed E-state index contributed by atoms with van der Waals surface area (Å²) in [4.78, 5) is 10.7. The molecule has 4 nitrogen and oxygen atoms in total. The van der Waals surface area contributed by atoms with E-state index in [4.69, 9.17) is 0 Å². The van der Waals surface area contributed by atoms with Crippen molar-refractivity contribution in [2.75, 3.05) is 24.3 Å². The highest BCUT2D eigenvalue weighted by molar-refractivity contribution is 5.43. The van der Waals surface area contributed by atoms with Crippen LogP contribution in [0.25, 0.3) is 0 Å². The standard InChI is InChI=1S/C11H20N4/c1-8(2)9(3)15(5)11-7-13-6-10(12-4)14-11/h6-9H,1-5H3,(H,12,14). The quantitative estimate of drug-likeness (QED) is 0.821. The highest BCUT2D eigenvalue weighted by Crippen LogP contribution is 2.17. The molecule has 1 aromatic heterocycles. The highest BCUT2D eigenvalue weighted by atomic mass is 15.2. The summed E-state index contributed by atoms with van der Waals surface area (Å²) in [6, 6.07) is 0.450. The molecular weight excluding hydrogens is 188 g/mol. The summed E-state index contributed by atoms with van der Waals surface area (Å²) >= 11 is 0. The van der Waals surface area contributed by atoms with Crippen molar-refractivity contribution in [1.82, 2.24) is 9.97 Å². The lowest BCUT2D eigenvalue weighted by Gasteiger charge is -2.28. The van der Waals surface area contributed by atoms with Gasteiger partial charge in [0.25, 0.3) is 0 Å². The summed E-state index contributed by atoms with van der Waals surface area (Å²) in [5.41, 5.74) is 0. The fraction of sp³-hybridized carbons (Fsp3) is 0.636. The van der Waals surface area contributed by atoms with Crippen molar-refractivity contribution in [1.29, 1.82) is 0 Å². The van der Waals surface area contributed by atoms with Gasteiger partial charge < -0.3 is 10.2 Å². The number of hydrogen-bond acceptors (Lipinski definition) is 4. The van der Waals surface area contributed by atoms with Gasteiger partial charge in [0.2, 0.25) is 0 Å². The predicted molar refractivity (Wildman–Crippen MR) is 64.3 cm³/mol. The Morgan fingerprint density at radius 3 is 2.47 bits per heavy atom. The van der Waals surface area contributed by atoms with E-state index in [1.165, 1.54) is 0 Å². The predicted octanol–water partition coefficient (Wildman–Crippen LogP) is 2.00. The summed E-state index contributed by atoms with van der Waals surface area (Å²) in [6.45, 7) is 6.60. The van der Waals surface area contributed by atoms with Crippen molar-refractivity contribution in [3.8, 4) is 0 Å². The molecule has 0 saturated carbocycles. The molecule has 0 spiro atoms. The second-order valence-corrected chi connectivity index (χ2v) is 4.11. The van der Waals surface area contributed by atoms with E-state index in [-0.39, 0.29) is 0 Å². The Balaban J connectivity index is 2.85. The van der Waals surface area contributed by atoms with Gasteiger partial charge in [0.1, 0.15) is 11.6 Å². The fourth-order valence-electron chi connectivity index (χ4n) is 1.30. The summed E-state index contributed by atoms with van der Waals surface area (Å²) in [5, 5.41) is 2.99. The van der Waals surface area contributed by atoms with E-state index >= 15 is 0 Å². The molecule has 1 heterocycles. The monoisotopic (exact) mass is 208 g/mol. The van der Waals surface area contributed by atoms with Crippen LogP contribution in [0.5, 0.6) is 0 Å². The van der Waals surface area contributed by atoms with Gasteiger partial charge in [-0.25, -0.2) is 4.98 Å². The molecule has 1 atom stereocenters. The minimum absolute atomic E-state index is 0.450. The van der Waals surface area contributed by atoms with Gasteiger partial charge in [0, 0.05) is 20.1 Å². The Morgan fingerprint density at radius 2 is 1.93 bits per heavy atom. The molecule has 0 aliphatic heterocycles. The maximum absolute atomic E-state index is 4.45. The third-order valence-electron chi connectivity index (χ3n) is 2.82. The molecule has 0 aliphatic rings. The van der Waals surface area contributed by atoms with Crippen LogP contribution >= 0.6 is 0 Å². The molecule has 0 amide bonds. The van der Waals surface area contributed by atoms with Gasteiger partial charge in [-0.15, -0.1) is 0 Å². The maximum atomic E-state index is 4.45. The molecule has 0 fully saturated rings. The summed E-state index contributed by atoms with van der Waals surface area (Å²) in [6.07, 6.45) is 3.51. The van der Waals surface area contributed by atoms with Crippen molar-refractivity contribution >= 4 is 11.6 Å². The van der Waals surface area contributed by atoms with Crippen LogP contribution in [0.3, 0.4) is 0 Å². The van der Waals surface area contributed by atoms with Crippen LogP contribution in [0.1, 0.15) is 20.8 Å². The van der Waals surface area contributed by atoms with E-state index < -0.39 is 0 Å². The minimum atomic E-state index is 0.450. The van der Waals surface area contributed by atoms with E-state index in [9.17, 15) is 0 Å². The van der Waals surface area contributed by atoms with E-state index in [1.54, 1.807) is 12.4 Å². The number of nitrogens with one attached hydrogen (secondary N) is 1. The molecule has 1 aromatic rings. The molecule has 0 aromatic carbocycles. The molecule has 0 aliphatic carbocycles. The fourth-order valence-corrected chi connectivity index (χ4v) is 1.30. The Labute approximate surface area is 91.7 Å². The number of anilines is 2. The van der Waals surface area contributed by atoms with Gasteiger partial charge >= 0.3 is 0 Å². The topological polar surface area (TPSA) is 41.1 Å². The van der Waals surface area contributed by atoms with Crippen molar-refractivity contribution < 1.29 is 0 Å². The number of hydrogen-bond donors (Lipinski definition) is 1. The number of rotatable bonds is 4. The van der Waals surface area contributed by atoms with Crippen molar-refractivity contribution in [2.45, 2.75) is 26.8 Å². The van der Waals surface area contributed by atoms with Crippen molar-refractivity contribution in [3.05, 3.63) is 12.4 Å². The van der Waals surface area contributed by atoms with Gasteiger partial charge in [0.05, 0.1) is 12.4 Å². The second-order valence-electron chi connectivity index (χ2n) is 4.11. The van der Waals surface area contributed by atoms with Crippen LogP contribution in [0, 0.1) is 5.92 Å². The molecule has 84 valence electrons. The minimum Gasteiger partial charge on any atom is -0.372 e. The van der Waals surface area contributed by atoms with E-state index in [1.807, 2.05) is 14.1 Å². The Bertz CT molecular complexity index is 311. The smallest absolute Gasteiger partial charge is 0.149 e. The molecule has 15 heavy (non-hydrogen) atoms. The van der Waals surface area contributed by atoms with Gasteiger partial charge in [-0.3, -0.25) is 4.98 Å². The SMILES string of the molecule is CNc1cncc(N(C)C(C)C(C)C)n1. The van der Waals surface area contributed by atoms with Crippen LogP contribution in [-0.2, 0) is 0 Å². The molecule has 0 radical (unpaired) electrons. The lowest BCUT2D eigenvalue weighted by molar-refractivity contribution is 0.502. The molecule has 0 bridgehead atoms. The normalized spacial score (nSPS) is 12.7. The first-order valence-corrected chi connectivity index (χ1v) is 5.29. The zero-order valence-electron chi connectivity index (χ0n) is 10.2. The zero-order valence-corrected chi connectivity index (χ0v) is 10.2. The van der Waals surface area contributed by atoms with Crippen LogP contribution < -0.4 is 10.2 Å². The van der Waals surface area contributed by atoms with Crippen molar-refractivity contribution in [2.24, 2.45) is 5.92 Å². The average molecular weight is 208 g/mol. The molecular formula is C11H20N4. The lowest BCUT2D eigenvalue weighted by Crippen LogP contribution is -2.33. The van der Waals surface area contributed by atoms with Gasteiger partial charge in [-0.2, -0.15) is 0 Å². The van der Waals surface area contributed by atoms with E-state index in [2.05, 4.69) is 41.0 Å². The summed E-state index contributed by atoms with van der Waals surface area (Å²) in [7, 11) is 3.90. The lowest BCUT2D eigenvalue weighted by atomic mass is 10.1. The molecule has 1 N–H and O–H groups in total. The van der Waals surface area contributed by atoms with Crippen LogP contribution in [0.4, 0.5) is 11.6 Å². The Kier molecular flexibility index (Phi) is 3.88. The largest absolute Gasteiger partial charge is 0.372 e. The first kappa shape index (κ1) is 11.8. The third-order valence-corrected chi connectivity index (χ3v) is 2.82. The van der Waals surface area contributed by atoms with E-state index in [0.717, 1.165) is 11.6 Å². The number of nitrogens with zero attached hydrogens (tertiary/aromatic N) is 3. The second kappa shape index (κ2) is 4.96. The average Bonchev–Trinajstić information content (AvgIpc) is 2.27. The van der Waals surface area contributed by atoms with Crippen molar-refractivity contribution in [3.63, 3.8) is 0 Å². The van der Waals surface area contributed by atoms with Gasteiger partial charge in [-0.1, -0.05) is 13.8 Å². The van der Waals surface area contributed by atoms with Gasteiger partial charge in [0.15, 0.2) is 0 Å². The Hall–Kier alpha value is -1.32. The van der Waals surface area contributed by atoms with Crippen LogP contribution in [-0.4, -0.2) is 30.1 Å². The highest BCUT2D eigenvalue weighted by Gasteiger charge is 2.14. The summed E-state index contributed by atoms with van der Waals surface area (Å²) < 4.78 is 0. The first-order chi connectivity index (χ1) is 7.06. The van der Waals surface area contributed by atoms with E-state index in [0.29, 0.717) is 12.0 Å². The number of aromatic nitrogens is 2. The van der Waals surface area contributed by atoms with Crippen LogP contribution in [0.15, 0.2) is 12.4 Å². The van der Waals surface area contributed by atoms with Gasteiger partial charge in [-0.05, 0) is 12.8 Å². The molecule has 1 rings (SSSR count). The molecule has 1 unspecified atom stereocenters. The Morgan fingerprint density at radius 1 is 1.27 bits per heavy atom.